The molecule has 0 aliphatic heterocycles. The minimum absolute atomic E-state index is 0.0373. The van der Waals surface area contributed by atoms with Crippen LogP contribution in [0.1, 0.15) is 23.7 Å². The minimum Gasteiger partial charge on any atom is -0.390 e. The molecule has 0 amide bonds. The molecule has 0 saturated carbocycles. The van der Waals surface area contributed by atoms with Crippen molar-refractivity contribution < 1.29 is 14.6 Å². The van der Waals surface area contributed by atoms with E-state index in [1.807, 2.05) is 0 Å². The Morgan fingerprint density at radius 2 is 2.29 bits per heavy atom. The Hall–Kier alpha value is -1.69. The van der Waals surface area contributed by atoms with Crippen LogP contribution in [0.15, 0.2) is 17.4 Å². The lowest BCUT2D eigenvalue weighted by Crippen LogP contribution is -2.20. The van der Waals surface area contributed by atoms with Gasteiger partial charge in [0, 0.05) is 23.2 Å². The third-order valence-electron chi connectivity index (χ3n) is 2.27. The summed E-state index contributed by atoms with van der Waals surface area (Å²) in [6.07, 6.45) is -1.19. The van der Waals surface area contributed by atoms with Crippen LogP contribution >= 0.6 is 0 Å². The number of hydrogen-bond donors (Lipinski definition) is 2. The monoisotopic (exact) mass is 240 g/mol. The van der Waals surface area contributed by atoms with E-state index in [4.69, 9.17) is 5.53 Å². The van der Waals surface area contributed by atoms with Gasteiger partial charge < -0.3 is 10.2 Å². The smallest absolute Gasteiger partial charge is 0.218 e. The fraction of sp³-hybridized carbons (Fsp3) is 0.500. The molecule has 2 unspecified atom stereocenters. The summed E-state index contributed by atoms with van der Waals surface area (Å²) in [5, 5.41) is 22.5. The molecule has 1 heterocycles. The maximum atomic E-state index is 13.3. The molecular weight excluding hydrogens is 227 g/mol. The average molecular weight is 240 g/mol. The van der Waals surface area contributed by atoms with Gasteiger partial charge in [-0.2, -0.15) is 4.39 Å². The molecule has 2 N–H and O–H groups in total. The number of nitrogens with zero attached hydrogens (tertiary/aromatic N) is 4. The maximum absolute atomic E-state index is 13.3. The molecule has 0 spiro atoms. The SMILES string of the molecule is Cc1cnc(F)c(C(O)C(O)CCN=[N+]=[N-])c1. The summed E-state index contributed by atoms with van der Waals surface area (Å²) in [6, 6.07) is 1.42. The van der Waals surface area contributed by atoms with Gasteiger partial charge >= 0.3 is 0 Å². The Kier molecular flexibility index (Phi) is 4.84. The van der Waals surface area contributed by atoms with E-state index in [1.54, 1.807) is 6.92 Å². The maximum Gasteiger partial charge on any atom is 0.218 e. The first-order chi connectivity index (χ1) is 8.06. The normalized spacial score (nSPS) is 13.9. The molecule has 0 aliphatic rings. The first-order valence-corrected chi connectivity index (χ1v) is 5.05. The van der Waals surface area contributed by atoms with Crippen LogP contribution in [-0.4, -0.2) is 27.8 Å². The lowest BCUT2D eigenvalue weighted by atomic mass is 10.0. The van der Waals surface area contributed by atoms with Gasteiger partial charge in [0.05, 0.1) is 6.10 Å². The molecule has 0 fully saturated rings. The van der Waals surface area contributed by atoms with Crippen molar-refractivity contribution in [3.8, 4) is 0 Å². The highest BCUT2D eigenvalue weighted by Gasteiger charge is 2.21. The minimum atomic E-state index is -1.38. The molecule has 6 nitrogen and oxygen atoms in total. The van der Waals surface area contributed by atoms with Crippen molar-refractivity contribution in [1.29, 1.82) is 0 Å². The number of halogens is 1. The molecule has 17 heavy (non-hydrogen) atoms. The van der Waals surface area contributed by atoms with Crippen LogP contribution < -0.4 is 0 Å². The van der Waals surface area contributed by atoms with Gasteiger partial charge in [0.15, 0.2) is 0 Å². The predicted molar refractivity (Wildman–Crippen MR) is 58.5 cm³/mol. The highest BCUT2D eigenvalue weighted by Crippen LogP contribution is 2.21. The lowest BCUT2D eigenvalue weighted by molar-refractivity contribution is 0.0125. The molecule has 1 rings (SSSR count). The van der Waals surface area contributed by atoms with Crippen LogP contribution in [0.4, 0.5) is 4.39 Å². The van der Waals surface area contributed by atoms with Gasteiger partial charge in [0.25, 0.3) is 0 Å². The quantitative estimate of drug-likeness (QED) is 0.354. The van der Waals surface area contributed by atoms with Crippen LogP contribution in [0.5, 0.6) is 0 Å². The Labute approximate surface area is 97.4 Å². The van der Waals surface area contributed by atoms with Crippen molar-refractivity contribution in [2.75, 3.05) is 6.54 Å². The van der Waals surface area contributed by atoms with Crippen molar-refractivity contribution >= 4 is 0 Å². The topological polar surface area (TPSA) is 102 Å². The molecule has 92 valence electrons. The summed E-state index contributed by atoms with van der Waals surface area (Å²) in [5.41, 5.74) is 8.69. The third kappa shape index (κ3) is 3.67. The van der Waals surface area contributed by atoms with E-state index in [2.05, 4.69) is 15.0 Å². The summed E-state index contributed by atoms with van der Waals surface area (Å²) in [5.74, 6) is -0.814. The van der Waals surface area contributed by atoms with Crippen LogP contribution in [0, 0.1) is 12.9 Å². The van der Waals surface area contributed by atoms with E-state index in [0.717, 1.165) is 0 Å². The third-order valence-corrected chi connectivity index (χ3v) is 2.27. The van der Waals surface area contributed by atoms with E-state index in [-0.39, 0.29) is 18.5 Å². The van der Waals surface area contributed by atoms with Gasteiger partial charge in [-0.05, 0) is 30.5 Å². The van der Waals surface area contributed by atoms with Crippen LogP contribution in [-0.2, 0) is 0 Å². The zero-order valence-corrected chi connectivity index (χ0v) is 9.28. The van der Waals surface area contributed by atoms with Crippen molar-refractivity contribution in [2.24, 2.45) is 5.11 Å². The predicted octanol–water partition coefficient (Wildman–Crippen LogP) is 1.62. The molecule has 0 bridgehead atoms. The van der Waals surface area contributed by atoms with E-state index in [0.29, 0.717) is 5.56 Å². The number of aliphatic hydroxyl groups is 2. The first kappa shape index (κ1) is 13.4. The Morgan fingerprint density at radius 1 is 1.59 bits per heavy atom. The van der Waals surface area contributed by atoms with Crippen molar-refractivity contribution in [3.05, 3.63) is 39.8 Å². The highest BCUT2D eigenvalue weighted by molar-refractivity contribution is 5.21. The Balaban J connectivity index is 2.76. The molecule has 2 atom stereocenters. The van der Waals surface area contributed by atoms with Gasteiger partial charge in [0.2, 0.25) is 5.95 Å². The second kappa shape index (κ2) is 6.15. The summed E-state index contributed by atoms with van der Waals surface area (Å²) in [7, 11) is 0. The summed E-state index contributed by atoms with van der Waals surface area (Å²) in [6.45, 7) is 1.74. The highest BCUT2D eigenvalue weighted by atomic mass is 19.1. The number of pyridine rings is 1. The van der Waals surface area contributed by atoms with Crippen LogP contribution in [0.3, 0.4) is 0 Å². The molecular formula is C10H13FN4O2. The van der Waals surface area contributed by atoms with Gasteiger partial charge in [-0.15, -0.1) is 0 Å². The van der Waals surface area contributed by atoms with Crippen molar-refractivity contribution in [2.45, 2.75) is 25.6 Å². The van der Waals surface area contributed by atoms with Crippen LogP contribution in [0.25, 0.3) is 10.4 Å². The summed E-state index contributed by atoms with van der Waals surface area (Å²) >= 11 is 0. The van der Waals surface area contributed by atoms with Gasteiger partial charge in [-0.3, -0.25) is 0 Å². The van der Waals surface area contributed by atoms with E-state index in [9.17, 15) is 14.6 Å². The van der Waals surface area contributed by atoms with Gasteiger partial charge in [-0.1, -0.05) is 5.11 Å². The zero-order chi connectivity index (χ0) is 12.8. The summed E-state index contributed by atoms with van der Waals surface area (Å²) < 4.78 is 13.3. The van der Waals surface area contributed by atoms with E-state index < -0.39 is 18.2 Å². The van der Waals surface area contributed by atoms with Crippen molar-refractivity contribution in [3.63, 3.8) is 0 Å². The molecule has 0 saturated heterocycles. The number of rotatable bonds is 5. The van der Waals surface area contributed by atoms with E-state index in [1.165, 1.54) is 12.3 Å². The Morgan fingerprint density at radius 3 is 2.94 bits per heavy atom. The fourth-order valence-electron chi connectivity index (χ4n) is 1.38. The molecule has 7 heteroatoms. The second-order valence-corrected chi connectivity index (χ2v) is 3.65. The van der Waals surface area contributed by atoms with Crippen molar-refractivity contribution in [1.82, 2.24) is 4.98 Å². The standard InChI is InChI=1S/C10H13FN4O2/c1-6-4-7(10(11)13-5-6)9(17)8(16)2-3-14-15-12/h4-5,8-9,16-17H,2-3H2,1H3. The number of aryl methyl sites for hydroxylation is 1. The van der Waals surface area contributed by atoms with E-state index >= 15 is 0 Å². The molecule has 1 aromatic rings. The number of hydrogen-bond acceptors (Lipinski definition) is 4. The number of aliphatic hydroxyl groups excluding tert-OH is 2. The zero-order valence-electron chi connectivity index (χ0n) is 9.28. The average Bonchev–Trinajstić information content (AvgIpc) is 2.31. The van der Waals surface area contributed by atoms with Gasteiger partial charge in [-0.25, -0.2) is 4.98 Å². The largest absolute Gasteiger partial charge is 0.390 e. The molecule has 0 aliphatic carbocycles. The second-order valence-electron chi connectivity index (χ2n) is 3.65. The van der Waals surface area contributed by atoms with Gasteiger partial charge in [0.1, 0.15) is 6.10 Å². The van der Waals surface area contributed by atoms with Crippen LogP contribution in [0.2, 0.25) is 0 Å². The lowest BCUT2D eigenvalue weighted by Gasteiger charge is -2.17. The number of aromatic nitrogens is 1. The Bertz CT molecular complexity index is 434. The summed E-state index contributed by atoms with van der Waals surface area (Å²) in [4.78, 5) is 5.98. The molecule has 0 aromatic carbocycles. The first-order valence-electron chi connectivity index (χ1n) is 5.05. The fourth-order valence-corrected chi connectivity index (χ4v) is 1.38. The molecule has 0 radical (unpaired) electrons. The number of azide groups is 1. The molecule has 1 aromatic heterocycles.